The fraction of sp³-hybridized carbons (Fsp3) is 0.100. The van der Waals surface area contributed by atoms with Crippen LogP contribution in [-0.2, 0) is 9.53 Å². The average molecular weight is 351 g/mol. The zero-order chi connectivity index (χ0) is 17.8. The molecule has 0 aliphatic heterocycles. The maximum Gasteiger partial charge on any atom is 0.348 e. The van der Waals surface area contributed by atoms with Crippen molar-refractivity contribution < 1.29 is 9.53 Å². The number of carbonyl (C=O) groups excluding carboxylic acids is 1. The number of ether oxygens (including phenoxy) is 1. The van der Waals surface area contributed by atoms with Crippen molar-refractivity contribution >= 4 is 34.5 Å². The molecule has 0 N–H and O–H groups in total. The molecule has 4 nitrogen and oxygen atoms in total. The highest BCUT2D eigenvalue weighted by Crippen LogP contribution is 2.29. The van der Waals surface area contributed by atoms with Gasteiger partial charge in [-0.25, -0.2) is 4.79 Å². The van der Waals surface area contributed by atoms with E-state index in [1.54, 1.807) is 19.1 Å². The van der Waals surface area contributed by atoms with Crippen LogP contribution in [0.25, 0.3) is 22.7 Å². The topological polar surface area (TPSA) is 55.0 Å². The molecule has 0 atom stereocenters. The van der Waals surface area contributed by atoms with E-state index < -0.39 is 5.97 Å². The van der Waals surface area contributed by atoms with Crippen molar-refractivity contribution in [2.75, 3.05) is 6.61 Å². The summed E-state index contributed by atoms with van der Waals surface area (Å²) >= 11 is 6.16. The molecule has 124 valence electrons. The van der Waals surface area contributed by atoms with Gasteiger partial charge in [-0.2, -0.15) is 5.26 Å². The van der Waals surface area contributed by atoms with E-state index in [0.29, 0.717) is 5.02 Å². The van der Waals surface area contributed by atoms with Crippen molar-refractivity contribution in [2.45, 2.75) is 6.92 Å². The smallest absolute Gasteiger partial charge is 0.348 e. The zero-order valence-electron chi connectivity index (χ0n) is 13.6. The second kappa shape index (κ2) is 7.25. The van der Waals surface area contributed by atoms with Crippen LogP contribution in [0, 0.1) is 11.3 Å². The Bertz CT molecular complexity index is 998. The monoisotopic (exact) mass is 350 g/mol. The Labute approximate surface area is 150 Å². The van der Waals surface area contributed by atoms with E-state index in [1.807, 2.05) is 59.3 Å². The van der Waals surface area contributed by atoms with E-state index in [2.05, 4.69) is 0 Å². The van der Waals surface area contributed by atoms with Gasteiger partial charge in [0.25, 0.3) is 0 Å². The summed E-state index contributed by atoms with van der Waals surface area (Å²) in [5.41, 5.74) is 2.57. The summed E-state index contributed by atoms with van der Waals surface area (Å²) in [6.07, 6.45) is 3.43. The standard InChI is InChI=1S/C20H15ClN2O2/c1-2-25-20(24)14(12-22)10-15-13-23(17-6-4-3-5-7-17)19-11-16(21)8-9-18(15)19/h3-11,13H,2H2,1H3/b14-10+. The van der Waals surface area contributed by atoms with Crippen LogP contribution in [-0.4, -0.2) is 17.1 Å². The molecule has 1 heterocycles. The van der Waals surface area contributed by atoms with Crippen LogP contribution in [0.3, 0.4) is 0 Å². The van der Waals surface area contributed by atoms with Gasteiger partial charge < -0.3 is 9.30 Å². The highest BCUT2D eigenvalue weighted by atomic mass is 35.5. The third-order valence-electron chi connectivity index (χ3n) is 3.75. The van der Waals surface area contributed by atoms with Gasteiger partial charge in [-0.1, -0.05) is 35.9 Å². The molecule has 0 aliphatic carbocycles. The molecule has 0 spiro atoms. The molecule has 0 saturated carbocycles. The predicted octanol–water partition coefficient (Wildman–Crippen LogP) is 4.75. The first-order chi connectivity index (χ1) is 12.1. The number of esters is 1. The quantitative estimate of drug-likeness (QED) is 0.387. The van der Waals surface area contributed by atoms with Gasteiger partial charge in [-0.15, -0.1) is 0 Å². The number of aromatic nitrogens is 1. The Morgan fingerprint density at radius 1 is 1.28 bits per heavy atom. The lowest BCUT2D eigenvalue weighted by Crippen LogP contribution is -2.05. The van der Waals surface area contributed by atoms with Crippen molar-refractivity contribution in [1.82, 2.24) is 4.57 Å². The molecule has 3 aromatic rings. The maximum atomic E-state index is 11.9. The number of fused-ring (bicyclic) bond motifs is 1. The van der Waals surface area contributed by atoms with Crippen LogP contribution in [0.5, 0.6) is 0 Å². The summed E-state index contributed by atoms with van der Waals surface area (Å²) in [6, 6.07) is 17.2. The number of halogens is 1. The van der Waals surface area contributed by atoms with Crippen LogP contribution in [0.1, 0.15) is 12.5 Å². The summed E-state index contributed by atoms with van der Waals surface area (Å²) in [6.45, 7) is 1.93. The maximum absolute atomic E-state index is 11.9. The fourth-order valence-electron chi connectivity index (χ4n) is 2.64. The van der Waals surface area contributed by atoms with Crippen molar-refractivity contribution in [3.63, 3.8) is 0 Å². The minimum atomic E-state index is -0.625. The Morgan fingerprint density at radius 2 is 2.04 bits per heavy atom. The van der Waals surface area contributed by atoms with Gasteiger partial charge in [-0.3, -0.25) is 0 Å². The van der Waals surface area contributed by atoms with E-state index in [1.165, 1.54) is 0 Å². The Balaban J connectivity index is 2.20. The van der Waals surface area contributed by atoms with Crippen LogP contribution < -0.4 is 0 Å². The second-order valence-corrected chi connectivity index (χ2v) is 5.78. The number of hydrogen-bond donors (Lipinski definition) is 0. The number of nitrogens with zero attached hydrogens (tertiary/aromatic N) is 2. The first-order valence-electron chi connectivity index (χ1n) is 7.79. The Kier molecular flexibility index (Phi) is 4.87. The van der Waals surface area contributed by atoms with Crippen molar-refractivity contribution in [2.24, 2.45) is 0 Å². The van der Waals surface area contributed by atoms with E-state index >= 15 is 0 Å². The summed E-state index contributed by atoms with van der Waals surface area (Å²) < 4.78 is 6.91. The lowest BCUT2D eigenvalue weighted by Gasteiger charge is -2.04. The van der Waals surface area contributed by atoms with Crippen LogP contribution in [0.4, 0.5) is 0 Å². The molecule has 3 rings (SSSR count). The van der Waals surface area contributed by atoms with Gasteiger partial charge in [0, 0.05) is 27.9 Å². The Morgan fingerprint density at radius 3 is 2.72 bits per heavy atom. The highest BCUT2D eigenvalue weighted by Gasteiger charge is 2.14. The minimum Gasteiger partial charge on any atom is -0.462 e. The molecule has 0 radical (unpaired) electrons. The van der Waals surface area contributed by atoms with Gasteiger partial charge in [0.2, 0.25) is 0 Å². The average Bonchev–Trinajstić information content (AvgIpc) is 2.98. The van der Waals surface area contributed by atoms with Crippen molar-refractivity contribution in [1.29, 1.82) is 5.26 Å². The van der Waals surface area contributed by atoms with E-state index in [4.69, 9.17) is 16.3 Å². The number of nitriles is 1. The van der Waals surface area contributed by atoms with Crippen LogP contribution >= 0.6 is 11.6 Å². The molecule has 25 heavy (non-hydrogen) atoms. The first-order valence-corrected chi connectivity index (χ1v) is 8.16. The third-order valence-corrected chi connectivity index (χ3v) is 3.98. The first kappa shape index (κ1) is 16.8. The molecule has 5 heteroatoms. The highest BCUT2D eigenvalue weighted by molar-refractivity contribution is 6.31. The SMILES string of the molecule is CCOC(=O)/C(C#N)=C/c1cn(-c2ccccc2)c2cc(Cl)ccc12. The van der Waals surface area contributed by atoms with E-state index in [-0.39, 0.29) is 12.2 Å². The van der Waals surface area contributed by atoms with Crippen LogP contribution in [0.2, 0.25) is 5.02 Å². The summed E-state index contributed by atoms with van der Waals surface area (Å²) in [5.74, 6) is -0.625. The lowest BCUT2D eigenvalue weighted by molar-refractivity contribution is -0.137. The van der Waals surface area contributed by atoms with Gasteiger partial charge in [0.1, 0.15) is 11.6 Å². The second-order valence-electron chi connectivity index (χ2n) is 5.34. The molecule has 0 bridgehead atoms. The summed E-state index contributed by atoms with van der Waals surface area (Å²) in [7, 11) is 0. The third kappa shape index (κ3) is 3.42. The minimum absolute atomic E-state index is 0.0380. The van der Waals surface area contributed by atoms with E-state index in [9.17, 15) is 10.1 Å². The number of benzene rings is 2. The summed E-state index contributed by atoms with van der Waals surface area (Å²) in [5, 5.41) is 10.8. The molecule has 0 aliphatic rings. The van der Waals surface area contributed by atoms with Gasteiger partial charge >= 0.3 is 5.97 Å². The number of para-hydroxylation sites is 1. The van der Waals surface area contributed by atoms with Gasteiger partial charge in [0.15, 0.2) is 0 Å². The van der Waals surface area contributed by atoms with Crippen molar-refractivity contribution in [3.05, 3.63) is 70.9 Å². The summed E-state index contributed by atoms with van der Waals surface area (Å²) in [4.78, 5) is 11.9. The molecule has 0 saturated heterocycles. The fourth-order valence-corrected chi connectivity index (χ4v) is 2.81. The van der Waals surface area contributed by atoms with Crippen LogP contribution in [0.15, 0.2) is 60.3 Å². The normalized spacial score (nSPS) is 11.3. The Hall–Kier alpha value is -3.03. The number of hydrogen-bond acceptors (Lipinski definition) is 3. The molecule has 1 aromatic heterocycles. The largest absolute Gasteiger partial charge is 0.462 e. The van der Waals surface area contributed by atoms with Gasteiger partial charge in [0.05, 0.1) is 12.1 Å². The molecular formula is C20H15ClN2O2. The molecule has 0 amide bonds. The van der Waals surface area contributed by atoms with E-state index in [0.717, 1.165) is 22.2 Å². The molecule has 0 unspecified atom stereocenters. The predicted molar refractivity (Wildman–Crippen MR) is 98.5 cm³/mol. The molecular weight excluding hydrogens is 336 g/mol. The molecule has 2 aromatic carbocycles. The zero-order valence-corrected chi connectivity index (χ0v) is 14.3. The van der Waals surface area contributed by atoms with Gasteiger partial charge in [-0.05, 0) is 37.3 Å². The molecule has 0 fully saturated rings. The number of rotatable bonds is 4. The van der Waals surface area contributed by atoms with Crippen molar-refractivity contribution in [3.8, 4) is 11.8 Å². The lowest BCUT2D eigenvalue weighted by atomic mass is 10.1. The number of carbonyl (C=O) groups is 1.